The Morgan fingerprint density at radius 3 is 2.60 bits per heavy atom. The number of hydrogen-bond donors (Lipinski definition) is 0. The number of hydrogen-bond acceptors (Lipinski definition) is 5. The highest BCUT2D eigenvalue weighted by Crippen LogP contribution is 2.20. The average Bonchev–Trinajstić information content (AvgIpc) is 2.95. The second kappa shape index (κ2) is 9.24. The summed E-state index contributed by atoms with van der Waals surface area (Å²) in [5, 5.41) is 9.09. The molecule has 0 aliphatic heterocycles. The van der Waals surface area contributed by atoms with Crippen LogP contribution in [0.4, 0.5) is 0 Å². The zero-order valence-corrected chi connectivity index (χ0v) is 17.3. The van der Waals surface area contributed by atoms with E-state index in [1.165, 1.54) is 11.8 Å². The van der Waals surface area contributed by atoms with Crippen LogP contribution in [0.1, 0.15) is 25.6 Å². The number of likely N-dealkylation sites (N-methyl/N-ethyl adjacent to an activating group) is 1. The third kappa shape index (κ3) is 5.74. The standard InChI is InChI=1S/C17H23BrN4O2S/c1-12(2)16-19-20-17(22(16)4)25-11-15(23)21(3)9-10-24-14-7-5-13(18)6-8-14/h5-8,12H,9-11H2,1-4H3. The van der Waals surface area contributed by atoms with Crippen LogP contribution >= 0.6 is 27.7 Å². The Labute approximate surface area is 161 Å². The van der Waals surface area contributed by atoms with Crippen molar-refractivity contribution in [2.75, 3.05) is 26.0 Å². The SMILES string of the molecule is CC(C)c1nnc(SCC(=O)N(C)CCOc2ccc(Br)cc2)n1C. The molecular weight excluding hydrogens is 404 g/mol. The van der Waals surface area contributed by atoms with Crippen molar-refractivity contribution in [2.24, 2.45) is 7.05 Å². The molecule has 0 saturated heterocycles. The van der Waals surface area contributed by atoms with Crippen molar-refractivity contribution in [1.82, 2.24) is 19.7 Å². The number of benzene rings is 1. The zero-order chi connectivity index (χ0) is 18.4. The second-order valence-electron chi connectivity index (χ2n) is 5.96. The van der Waals surface area contributed by atoms with Crippen molar-refractivity contribution in [3.8, 4) is 5.75 Å². The predicted octanol–water partition coefficient (Wildman–Crippen LogP) is 3.33. The fourth-order valence-corrected chi connectivity index (χ4v) is 3.27. The van der Waals surface area contributed by atoms with Crippen molar-refractivity contribution < 1.29 is 9.53 Å². The molecule has 0 saturated carbocycles. The van der Waals surface area contributed by atoms with Crippen LogP contribution in [0, 0.1) is 0 Å². The van der Waals surface area contributed by atoms with E-state index in [2.05, 4.69) is 40.0 Å². The molecule has 2 rings (SSSR count). The van der Waals surface area contributed by atoms with Gasteiger partial charge < -0.3 is 14.2 Å². The van der Waals surface area contributed by atoms with Gasteiger partial charge in [0.2, 0.25) is 5.91 Å². The van der Waals surface area contributed by atoms with Gasteiger partial charge in [-0.25, -0.2) is 0 Å². The van der Waals surface area contributed by atoms with Crippen molar-refractivity contribution in [2.45, 2.75) is 24.9 Å². The van der Waals surface area contributed by atoms with Crippen LogP contribution in [0.15, 0.2) is 33.9 Å². The molecular formula is C17H23BrN4O2S. The Kier molecular flexibility index (Phi) is 7.31. The molecule has 25 heavy (non-hydrogen) atoms. The lowest BCUT2D eigenvalue weighted by molar-refractivity contribution is -0.127. The van der Waals surface area contributed by atoms with Gasteiger partial charge in [-0.3, -0.25) is 4.79 Å². The zero-order valence-electron chi connectivity index (χ0n) is 14.9. The maximum absolute atomic E-state index is 12.2. The summed E-state index contributed by atoms with van der Waals surface area (Å²) in [6.45, 7) is 5.13. The molecule has 0 bridgehead atoms. The van der Waals surface area contributed by atoms with Gasteiger partial charge in [0, 0.05) is 24.5 Å². The van der Waals surface area contributed by atoms with E-state index in [9.17, 15) is 4.79 Å². The van der Waals surface area contributed by atoms with Crippen LogP contribution in [-0.2, 0) is 11.8 Å². The Balaban J connectivity index is 1.75. The second-order valence-corrected chi connectivity index (χ2v) is 7.82. The lowest BCUT2D eigenvalue weighted by atomic mass is 10.2. The summed E-state index contributed by atoms with van der Waals surface area (Å²) in [6.07, 6.45) is 0. The maximum atomic E-state index is 12.2. The molecule has 0 atom stereocenters. The summed E-state index contributed by atoms with van der Waals surface area (Å²) in [5.41, 5.74) is 0. The normalized spacial score (nSPS) is 11.0. The Bertz CT molecular complexity index is 703. The third-order valence-corrected chi connectivity index (χ3v) is 5.18. The molecule has 0 fully saturated rings. The molecule has 0 radical (unpaired) electrons. The lowest BCUT2D eigenvalue weighted by Gasteiger charge is -2.17. The van der Waals surface area contributed by atoms with Crippen LogP contribution in [0.3, 0.4) is 0 Å². The molecule has 8 heteroatoms. The molecule has 0 unspecified atom stereocenters. The molecule has 0 aliphatic carbocycles. The Morgan fingerprint density at radius 2 is 2.00 bits per heavy atom. The van der Waals surface area contributed by atoms with E-state index in [1.54, 1.807) is 11.9 Å². The van der Waals surface area contributed by atoms with Crippen LogP contribution < -0.4 is 4.74 Å². The molecule has 0 N–H and O–H groups in total. The van der Waals surface area contributed by atoms with Gasteiger partial charge in [0.1, 0.15) is 18.2 Å². The fraction of sp³-hybridized carbons (Fsp3) is 0.471. The number of amides is 1. The predicted molar refractivity (Wildman–Crippen MR) is 103 cm³/mol. The van der Waals surface area contributed by atoms with Crippen molar-refractivity contribution >= 4 is 33.6 Å². The number of carbonyl (C=O) groups is 1. The maximum Gasteiger partial charge on any atom is 0.232 e. The average molecular weight is 427 g/mol. The smallest absolute Gasteiger partial charge is 0.232 e. The monoisotopic (exact) mass is 426 g/mol. The molecule has 136 valence electrons. The minimum atomic E-state index is 0.0403. The van der Waals surface area contributed by atoms with E-state index < -0.39 is 0 Å². The highest BCUT2D eigenvalue weighted by Gasteiger charge is 2.15. The quantitative estimate of drug-likeness (QED) is 0.605. The number of carbonyl (C=O) groups excluding carboxylic acids is 1. The first-order valence-corrected chi connectivity index (χ1v) is 9.80. The van der Waals surface area contributed by atoms with E-state index in [0.29, 0.717) is 24.8 Å². The van der Waals surface area contributed by atoms with E-state index in [4.69, 9.17) is 4.74 Å². The van der Waals surface area contributed by atoms with E-state index in [-0.39, 0.29) is 5.91 Å². The number of thioether (sulfide) groups is 1. The minimum Gasteiger partial charge on any atom is -0.492 e. The van der Waals surface area contributed by atoms with E-state index >= 15 is 0 Å². The lowest BCUT2D eigenvalue weighted by Crippen LogP contribution is -2.32. The molecule has 6 nitrogen and oxygen atoms in total. The molecule has 1 aromatic carbocycles. The van der Waals surface area contributed by atoms with Crippen molar-refractivity contribution in [3.05, 3.63) is 34.6 Å². The summed E-state index contributed by atoms with van der Waals surface area (Å²) in [5.74, 6) is 2.39. The highest BCUT2D eigenvalue weighted by molar-refractivity contribution is 9.10. The van der Waals surface area contributed by atoms with E-state index in [1.807, 2.05) is 35.9 Å². The Morgan fingerprint density at radius 1 is 1.32 bits per heavy atom. The summed E-state index contributed by atoms with van der Waals surface area (Å²) >= 11 is 4.79. The van der Waals surface area contributed by atoms with E-state index in [0.717, 1.165) is 21.2 Å². The largest absolute Gasteiger partial charge is 0.492 e. The molecule has 0 spiro atoms. The van der Waals surface area contributed by atoms with Gasteiger partial charge in [-0.2, -0.15) is 0 Å². The minimum absolute atomic E-state index is 0.0403. The summed E-state index contributed by atoms with van der Waals surface area (Å²) in [6, 6.07) is 7.63. The molecule has 0 aliphatic rings. The Hall–Kier alpha value is -1.54. The first-order valence-electron chi connectivity index (χ1n) is 8.03. The topological polar surface area (TPSA) is 60.3 Å². The van der Waals surface area contributed by atoms with Crippen molar-refractivity contribution in [3.63, 3.8) is 0 Å². The van der Waals surface area contributed by atoms with Crippen LogP contribution in [0.2, 0.25) is 0 Å². The molecule has 1 heterocycles. The van der Waals surface area contributed by atoms with Crippen molar-refractivity contribution in [1.29, 1.82) is 0 Å². The van der Waals surface area contributed by atoms with Gasteiger partial charge in [0.05, 0.1) is 12.3 Å². The molecule has 1 aromatic heterocycles. The van der Waals surface area contributed by atoms with Gasteiger partial charge >= 0.3 is 0 Å². The van der Waals surface area contributed by atoms with Gasteiger partial charge in [-0.05, 0) is 24.3 Å². The molecule has 2 aromatic rings. The number of halogens is 1. The molecule has 1 amide bonds. The summed E-state index contributed by atoms with van der Waals surface area (Å²) in [4.78, 5) is 13.9. The van der Waals surface area contributed by atoms with Crippen LogP contribution in [0.25, 0.3) is 0 Å². The van der Waals surface area contributed by atoms with Gasteiger partial charge in [0.15, 0.2) is 5.16 Å². The van der Waals surface area contributed by atoms with Gasteiger partial charge in [-0.15, -0.1) is 10.2 Å². The highest BCUT2D eigenvalue weighted by atomic mass is 79.9. The summed E-state index contributed by atoms with van der Waals surface area (Å²) in [7, 11) is 3.71. The van der Waals surface area contributed by atoms with Crippen LogP contribution in [-0.4, -0.2) is 51.5 Å². The van der Waals surface area contributed by atoms with Gasteiger partial charge in [-0.1, -0.05) is 41.5 Å². The summed E-state index contributed by atoms with van der Waals surface area (Å²) < 4.78 is 8.60. The fourth-order valence-electron chi connectivity index (χ4n) is 2.15. The van der Waals surface area contributed by atoms with Gasteiger partial charge in [0.25, 0.3) is 0 Å². The van der Waals surface area contributed by atoms with Crippen LogP contribution in [0.5, 0.6) is 5.75 Å². The number of nitrogens with zero attached hydrogens (tertiary/aromatic N) is 4. The first kappa shape index (κ1) is 19.8. The number of rotatable bonds is 8. The number of aromatic nitrogens is 3. The third-order valence-electron chi connectivity index (χ3n) is 3.64. The first-order chi connectivity index (χ1) is 11.9. The number of ether oxygens (including phenoxy) is 1.